The molecule has 0 fully saturated rings. The van der Waals surface area contributed by atoms with Crippen molar-refractivity contribution in [2.24, 2.45) is 5.73 Å². The number of amides is 1. The van der Waals surface area contributed by atoms with Gasteiger partial charge in [0.15, 0.2) is 0 Å². The van der Waals surface area contributed by atoms with E-state index in [0.717, 1.165) is 6.42 Å². The molecule has 0 spiro atoms. The number of hydrogen-bond acceptors (Lipinski definition) is 4. The predicted molar refractivity (Wildman–Crippen MR) is 55.8 cm³/mol. The fourth-order valence-electron chi connectivity index (χ4n) is 1.25. The number of carbonyl (C=O) groups excluding carboxylic acids is 1. The number of rotatable bonds is 5. The Bertz CT molecular complexity index is 297. The zero-order chi connectivity index (χ0) is 11.3. The quantitative estimate of drug-likeness (QED) is 0.644. The van der Waals surface area contributed by atoms with Gasteiger partial charge in [-0.05, 0) is 13.3 Å². The van der Waals surface area contributed by atoms with Gasteiger partial charge in [0.05, 0.1) is 12.1 Å². The monoisotopic (exact) mass is 211 g/mol. The Morgan fingerprint density at radius 1 is 1.73 bits per heavy atom. The molecule has 1 heterocycles. The van der Waals surface area contributed by atoms with E-state index in [-0.39, 0.29) is 11.9 Å². The number of carbonyl (C=O) groups is 1. The maximum absolute atomic E-state index is 11.5. The summed E-state index contributed by atoms with van der Waals surface area (Å²) < 4.78 is 0. The van der Waals surface area contributed by atoms with E-state index in [1.54, 1.807) is 0 Å². The lowest BCUT2D eigenvalue weighted by Crippen LogP contribution is -2.41. The summed E-state index contributed by atoms with van der Waals surface area (Å²) in [5, 5.41) is 9.18. The number of nitrogens with zero attached hydrogens (tertiary/aromatic N) is 2. The van der Waals surface area contributed by atoms with E-state index in [0.29, 0.717) is 12.2 Å². The average molecular weight is 211 g/mol. The second-order valence-corrected chi connectivity index (χ2v) is 3.50. The van der Waals surface area contributed by atoms with E-state index in [2.05, 4.69) is 20.5 Å². The van der Waals surface area contributed by atoms with Crippen molar-refractivity contribution in [1.29, 1.82) is 0 Å². The Morgan fingerprint density at radius 2 is 2.47 bits per heavy atom. The van der Waals surface area contributed by atoms with Crippen molar-refractivity contribution in [3.63, 3.8) is 0 Å². The molecule has 1 aromatic rings. The van der Waals surface area contributed by atoms with Crippen LogP contribution in [0.1, 0.15) is 38.6 Å². The molecule has 0 bridgehead atoms. The highest BCUT2D eigenvalue weighted by atomic mass is 16.2. The zero-order valence-electron chi connectivity index (χ0n) is 9.03. The molecular weight excluding hydrogens is 194 g/mol. The van der Waals surface area contributed by atoms with Crippen LogP contribution >= 0.6 is 0 Å². The summed E-state index contributed by atoms with van der Waals surface area (Å²) in [7, 11) is 0. The standard InChI is InChI=1S/C9H17N5O/c1-3-4-7(10)9(15)13-6(2)8-11-5-12-14-8/h5-7H,3-4,10H2,1-2H3,(H,13,15)(H,11,12,14)/t6?,7-/m0/s1. The number of aromatic amines is 1. The molecule has 2 atom stereocenters. The Kier molecular flexibility index (Phi) is 4.23. The highest BCUT2D eigenvalue weighted by Crippen LogP contribution is 2.04. The smallest absolute Gasteiger partial charge is 0.237 e. The molecule has 6 heteroatoms. The Hall–Kier alpha value is -1.43. The van der Waals surface area contributed by atoms with Gasteiger partial charge in [-0.3, -0.25) is 9.89 Å². The first kappa shape index (κ1) is 11.6. The van der Waals surface area contributed by atoms with Crippen LogP contribution in [-0.2, 0) is 4.79 Å². The van der Waals surface area contributed by atoms with Crippen LogP contribution in [0.25, 0.3) is 0 Å². The molecule has 84 valence electrons. The van der Waals surface area contributed by atoms with Crippen LogP contribution in [0.15, 0.2) is 6.33 Å². The van der Waals surface area contributed by atoms with Crippen LogP contribution in [-0.4, -0.2) is 27.1 Å². The van der Waals surface area contributed by atoms with Gasteiger partial charge in [-0.25, -0.2) is 4.98 Å². The van der Waals surface area contributed by atoms with Gasteiger partial charge in [-0.15, -0.1) is 0 Å². The number of nitrogens with two attached hydrogens (primary N) is 1. The van der Waals surface area contributed by atoms with Gasteiger partial charge in [-0.2, -0.15) is 5.10 Å². The number of hydrogen-bond donors (Lipinski definition) is 3. The fourth-order valence-corrected chi connectivity index (χ4v) is 1.25. The van der Waals surface area contributed by atoms with Crippen molar-refractivity contribution in [2.45, 2.75) is 38.8 Å². The van der Waals surface area contributed by atoms with Crippen LogP contribution in [0.3, 0.4) is 0 Å². The van der Waals surface area contributed by atoms with Gasteiger partial charge >= 0.3 is 0 Å². The summed E-state index contributed by atoms with van der Waals surface area (Å²) in [6.45, 7) is 3.82. The van der Waals surface area contributed by atoms with E-state index in [4.69, 9.17) is 5.73 Å². The third kappa shape index (κ3) is 3.32. The molecule has 0 aliphatic heterocycles. The molecule has 1 amide bonds. The van der Waals surface area contributed by atoms with Gasteiger partial charge in [0.2, 0.25) is 5.91 Å². The third-order valence-corrected chi connectivity index (χ3v) is 2.14. The van der Waals surface area contributed by atoms with Crippen LogP contribution < -0.4 is 11.1 Å². The summed E-state index contributed by atoms with van der Waals surface area (Å²) in [6.07, 6.45) is 2.99. The van der Waals surface area contributed by atoms with Crippen molar-refractivity contribution in [3.8, 4) is 0 Å². The first-order valence-electron chi connectivity index (χ1n) is 5.06. The first-order chi connectivity index (χ1) is 7.15. The van der Waals surface area contributed by atoms with Crippen molar-refractivity contribution >= 4 is 5.91 Å². The normalized spacial score (nSPS) is 14.6. The maximum Gasteiger partial charge on any atom is 0.237 e. The molecule has 4 N–H and O–H groups in total. The molecule has 15 heavy (non-hydrogen) atoms. The summed E-state index contributed by atoms with van der Waals surface area (Å²) in [6, 6.07) is -0.636. The van der Waals surface area contributed by atoms with Crippen LogP contribution in [0, 0.1) is 0 Å². The zero-order valence-corrected chi connectivity index (χ0v) is 9.03. The highest BCUT2D eigenvalue weighted by molar-refractivity contribution is 5.81. The van der Waals surface area contributed by atoms with Gasteiger partial charge in [0.1, 0.15) is 12.2 Å². The topological polar surface area (TPSA) is 96.7 Å². The minimum absolute atomic E-state index is 0.152. The molecular formula is C9H17N5O. The lowest BCUT2D eigenvalue weighted by Gasteiger charge is -2.15. The lowest BCUT2D eigenvalue weighted by atomic mass is 10.1. The second kappa shape index (κ2) is 5.45. The number of H-pyrrole nitrogens is 1. The minimum atomic E-state index is -0.444. The van der Waals surface area contributed by atoms with E-state index >= 15 is 0 Å². The Morgan fingerprint density at radius 3 is 3.00 bits per heavy atom. The molecule has 1 aromatic heterocycles. The van der Waals surface area contributed by atoms with E-state index in [1.165, 1.54) is 6.33 Å². The maximum atomic E-state index is 11.5. The van der Waals surface area contributed by atoms with E-state index in [9.17, 15) is 4.79 Å². The van der Waals surface area contributed by atoms with Crippen LogP contribution in [0.2, 0.25) is 0 Å². The largest absolute Gasteiger partial charge is 0.345 e. The Labute approximate surface area is 88.7 Å². The van der Waals surface area contributed by atoms with Gasteiger partial charge in [0.25, 0.3) is 0 Å². The molecule has 0 aliphatic carbocycles. The van der Waals surface area contributed by atoms with Gasteiger partial charge in [-0.1, -0.05) is 13.3 Å². The van der Waals surface area contributed by atoms with Gasteiger partial charge in [0, 0.05) is 0 Å². The van der Waals surface area contributed by atoms with E-state index in [1.807, 2.05) is 13.8 Å². The third-order valence-electron chi connectivity index (χ3n) is 2.14. The number of aromatic nitrogens is 3. The molecule has 0 saturated carbocycles. The Balaban J connectivity index is 2.44. The number of nitrogens with one attached hydrogen (secondary N) is 2. The molecule has 1 rings (SSSR count). The SMILES string of the molecule is CCC[C@H](N)C(=O)NC(C)c1ncn[nH]1. The van der Waals surface area contributed by atoms with E-state index < -0.39 is 6.04 Å². The van der Waals surface area contributed by atoms with Crippen molar-refractivity contribution in [1.82, 2.24) is 20.5 Å². The van der Waals surface area contributed by atoms with Gasteiger partial charge < -0.3 is 11.1 Å². The summed E-state index contributed by atoms with van der Waals surface area (Å²) >= 11 is 0. The van der Waals surface area contributed by atoms with Crippen LogP contribution in [0.5, 0.6) is 0 Å². The summed E-state index contributed by atoms with van der Waals surface area (Å²) in [5.41, 5.74) is 5.67. The average Bonchev–Trinajstić information content (AvgIpc) is 2.70. The second-order valence-electron chi connectivity index (χ2n) is 3.50. The van der Waals surface area contributed by atoms with Crippen molar-refractivity contribution in [3.05, 3.63) is 12.2 Å². The lowest BCUT2D eigenvalue weighted by molar-refractivity contribution is -0.123. The molecule has 1 unspecified atom stereocenters. The highest BCUT2D eigenvalue weighted by Gasteiger charge is 2.16. The molecule has 0 radical (unpaired) electrons. The predicted octanol–water partition coefficient (Wildman–Crippen LogP) is 0.109. The van der Waals surface area contributed by atoms with Crippen molar-refractivity contribution in [2.75, 3.05) is 0 Å². The summed E-state index contributed by atoms with van der Waals surface area (Å²) in [5.74, 6) is 0.479. The summed E-state index contributed by atoms with van der Waals surface area (Å²) in [4.78, 5) is 15.5. The minimum Gasteiger partial charge on any atom is -0.345 e. The molecule has 0 saturated heterocycles. The van der Waals surface area contributed by atoms with Crippen molar-refractivity contribution < 1.29 is 4.79 Å². The molecule has 6 nitrogen and oxygen atoms in total. The van der Waals surface area contributed by atoms with Crippen LogP contribution in [0.4, 0.5) is 0 Å². The molecule has 0 aliphatic rings. The first-order valence-corrected chi connectivity index (χ1v) is 5.06. The fraction of sp³-hybridized carbons (Fsp3) is 0.667. The molecule has 0 aromatic carbocycles.